The quantitative estimate of drug-likeness (QED) is 0.0285. The summed E-state index contributed by atoms with van der Waals surface area (Å²) in [4.78, 5) is 27.6. The molecule has 0 fully saturated rings. The Labute approximate surface area is 339 Å². The molecule has 0 heterocycles. The van der Waals surface area contributed by atoms with E-state index in [1.165, 1.54) is 116 Å². The van der Waals surface area contributed by atoms with Gasteiger partial charge in [0.25, 0.3) is 5.17 Å². The van der Waals surface area contributed by atoms with Gasteiger partial charge in [0.05, 0.1) is 0 Å². The summed E-state index contributed by atoms with van der Waals surface area (Å²) in [6, 6.07) is 0. The van der Waals surface area contributed by atoms with Crippen molar-refractivity contribution in [1.82, 2.24) is 10.2 Å². The van der Waals surface area contributed by atoms with Crippen LogP contribution in [0, 0.1) is 0 Å². The fourth-order valence-electron chi connectivity index (χ4n) is 6.37. The second-order valence-electron chi connectivity index (χ2n) is 15.0. The molecule has 1 atom stereocenters. The minimum atomic E-state index is -0.693. The lowest BCUT2D eigenvalue weighted by molar-refractivity contribution is -0.161. The number of hydrogen-bond donors (Lipinski definition) is 1. The molecule has 316 valence electrons. The summed E-state index contributed by atoms with van der Waals surface area (Å²) in [6.45, 7) is 12.3. The number of unbranched alkanes of at least 4 members (excludes halogenated alkanes) is 22. The first-order valence-electron chi connectivity index (χ1n) is 22.7. The standard InChI is InChI=1S/C46H86N2O5S/c1-5-9-11-13-15-17-19-21-23-25-27-29-31-33-35-37-44(49)51-41-43(42-52-46(54)47-39-40-48(7-3)8-4)53-45(50)38-36-34-32-30-28-26-24-22-20-18-16-14-12-10-6-2/h21-24,43H,5-20,25-42H2,1-4H3,(H,47,54). The third-order valence-corrected chi connectivity index (χ3v) is 10.3. The maximum Gasteiger partial charge on any atom is 0.306 e. The average molecular weight is 779 g/mol. The van der Waals surface area contributed by atoms with Crippen molar-refractivity contribution in [2.45, 2.75) is 214 Å². The van der Waals surface area contributed by atoms with Crippen LogP contribution in [0.25, 0.3) is 0 Å². The molecular formula is C46H86N2O5S. The summed E-state index contributed by atoms with van der Waals surface area (Å²) in [5, 5.41) is 3.39. The van der Waals surface area contributed by atoms with Crippen LogP contribution in [0.15, 0.2) is 24.3 Å². The molecule has 0 rings (SSSR count). The molecular weight excluding hydrogens is 693 g/mol. The highest BCUT2D eigenvalue weighted by Gasteiger charge is 2.19. The van der Waals surface area contributed by atoms with Crippen molar-refractivity contribution >= 4 is 29.3 Å². The zero-order valence-electron chi connectivity index (χ0n) is 35.8. The second kappa shape index (κ2) is 42.2. The largest absolute Gasteiger partial charge is 0.467 e. The maximum absolute atomic E-state index is 12.7. The highest BCUT2D eigenvalue weighted by molar-refractivity contribution is 7.80. The van der Waals surface area contributed by atoms with Gasteiger partial charge in [-0.1, -0.05) is 155 Å². The molecule has 0 aromatic rings. The van der Waals surface area contributed by atoms with E-state index >= 15 is 0 Å². The first-order chi connectivity index (χ1) is 26.5. The van der Waals surface area contributed by atoms with Crippen LogP contribution in [0.2, 0.25) is 0 Å². The maximum atomic E-state index is 12.7. The van der Waals surface area contributed by atoms with E-state index in [1.807, 2.05) is 0 Å². The summed E-state index contributed by atoms with van der Waals surface area (Å²) < 4.78 is 17.0. The molecule has 0 spiro atoms. The van der Waals surface area contributed by atoms with Gasteiger partial charge in [0.15, 0.2) is 6.10 Å². The minimum Gasteiger partial charge on any atom is -0.467 e. The van der Waals surface area contributed by atoms with Gasteiger partial charge in [-0.05, 0) is 89.5 Å². The van der Waals surface area contributed by atoms with E-state index < -0.39 is 6.10 Å². The summed E-state index contributed by atoms with van der Waals surface area (Å²) >= 11 is 5.36. The van der Waals surface area contributed by atoms with Crippen molar-refractivity contribution in [3.05, 3.63) is 24.3 Å². The molecule has 0 aliphatic carbocycles. The molecule has 0 aromatic carbocycles. The van der Waals surface area contributed by atoms with Crippen molar-refractivity contribution in [2.75, 3.05) is 39.4 Å². The first kappa shape index (κ1) is 52.1. The van der Waals surface area contributed by atoms with Crippen molar-refractivity contribution < 1.29 is 23.8 Å². The number of hydrogen-bond acceptors (Lipinski definition) is 7. The van der Waals surface area contributed by atoms with Crippen LogP contribution in [-0.4, -0.2) is 67.5 Å². The normalized spacial score (nSPS) is 12.2. The molecule has 0 radical (unpaired) electrons. The van der Waals surface area contributed by atoms with Crippen molar-refractivity contribution in [3.63, 3.8) is 0 Å². The van der Waals surface area contributed by atoms with E-state index in [-0.39, 0.29) is 30.3 Å². The van der Waals surface area contributed by atoms with Crippen LogP contribution in [0.1, 0.15) is 207 Å². The van der Waals surface area contributed by atoms with Gasteiger partial charge in [0.1, 0.15) is 13.2 Å². The van der Waals surface area contributed by atoms with Gasteiger partial charge in [-0.25, -0.2) is 0 Å². The van der Waals surface area contributed by atoms with Gasteiger partial charge in [0.2, 0.25) is 0 Å². The lowest BCUT2D eigenvalue weighted by Gasteiger charge is -2.21. The Balaban J connectivity index is 4.31. The predicted molar refractivity (Wildman–Crippen MR) is 234 cm³/mol. The van der Waals surface area contributed by atoms with E-state index in [1.54, 1.807) is 0 Å². The van der Waals surface area contributed by atoms with E-state index in [4.69, 9.17) is 26.4 Å². The van der Waals surface area contributed by atoms with Gasteiger partial charge < -0.3 is 24.4 Å². The van der Waals surface area contributed by atoms with Crippen molar-refractivity contribution in [3.8, 4) is 0 Å². The van der Waals surface area contributed by atoms with Gasteiger partial charge in [-0.2, -0.15) is 0 Å². The Morgan fingerprint density at radius 2 is 0.926 bits per heavy atom. The number of likely N-dealkylation sites (N-methyl/N-ethyl adjacent to an activating group) is 1. The van der Waals surface area contributed by atoms with Crippen LogP contribution < -0.4 is 5.32 Å². The first-order valence-corrected chi connectivity index (χ1v) is 23.1. The number of carbonyl (C=O) groups excluding carboxylic acids is 2. The summed E-state index contributed by atoms with van der Waals surface area (Å²) in [5.74, 6) is -0.541. The Morgan fingerprint density at radius 1 is 0.537 bits per heavy atom. The number of nitrogens with zero attached hydrogens (tertiary/aromatic N) is 1. The fraction of sp³-hybridized carbons (Fsp3) is 0.848. The number of nitrogens with one attached hydrogen (secondary N) is 1. The molecule has 0 bridgehead atoms. The lowest BCUT2D eigenvalue weighted by Crippen LogP contribution is -2.37. The number of rotatable bonds is 40. The second-order valence-corrected chi connectivity index (χ2v) is 15.4. The van der Waals surface area contributed by atoms with Crippen LogP contribution in [0.4, 0.5) is 0 Å². The summed E-state index contributed by atoms with van der Waals surface area (Å²) in [6.07, 6.45) is 40.9. The number of carbonyl (C=O) groups is 2. The molecule has 54 heavy (non-hydrogen) atoms. The minimum absolute atomic E-state index is 0.0237. The van der Waals surface area contributed by atoms with Crippen LogP contribution in [0.5, 0.6) is 0 Å². The SMILES string of the molecule is CCCCCCCCC=CCCCCCCCC(=O)OCC(COC(=S)NCCN(CC)CC)OC(=O)CCCCCCCC=CCCCCCCCC. The number of esters is 2. The monoisotopic (exact) mass is 779 g/mol. The molecule has 0 amide bonds. The zero-order valence-corrected chi connectivity index (χ0v) is 36.6. The molecule has 0 aliphatic heterocycles. The van der Waals surface area contributed by atoms with Gasteiger partial charge in [0, 0.05) is 25.9 Å². The topological polar surface area (TPSA) is 77.1 Å². The van der Waals surface area contributed by atoms with E-state index in [2.05, 4.69) is 62.2 Å². The number of allylic oxidation sites excluding steroid dienone is 4. The number of thiocarbonyl (C=S) groups is 1. The molecule has 0 aromatic heterocycles. The van der Waals surface area contributed by atoms with Gasteiger partial charge in [-0.3, -0.25) is 9.59 Å². The highest BCUT2D eigenvalue weighted by Crippen LogP contribution is 2.13. The van der Waals surface area contributed by atoms with E-state index in [0.717, 1.165) is 71.0 Å². The summed E-state index contributed by atoms with van der Waals surface area (Å²) in [5.41, 5.74) is 0. The van der Waals surface area contributed by atoms with Gasteiger partial charge >= 0.3 is 11.9 Å². The molecule has 1 N–H and O–H groups in total. The van der Waals surface area contributed by atoms with Crippen molar-refractivity contribution in [2.24, 2.45) is 0 Å². The van der Waals surface area contributed by atoms with Crippen LogP contribution >= 0.6 is 12.2 Å². The average Bonchev–Trinajstić information content (AvgIpc) is 3.17. The Hall–Kier alpha value is -1.93. The molecule has 0 saturated carbocycles. The van der Waals surface area contributed by atoms with Crippen LogP contribution in [0.3, 0.4) is 0 Å². The fourth-order valence-corrected chi connectivity index (χ4v) is 6.54. The predicted octanol–water partition coefficient (Wildman–Crippen LogP) is 12.7. The molecule has 8 heteroatoms. The third kappa shape index (κ3) is 38.3. The smallest absolute Gasteiger partial charge is 0.306 e. The van der Waals surface area contributed by atoms with E-state index in [0.29, 0.717) is 19.4 Å². The lowest BCUT2D eigenvalue weighted by atomic mass is 10.1. The molecule has 7 nitrogen and oxygen atoms in total. The third-order valence-electron chi connectivity index (χ3n) is 10.0. The number of ether oxygens (including phenoxy) is 3. The van der Waals surface area contributed by atoms with Crippen molar-refractivity contribution in [1.29, 1.82) is 0 Å². The molecule has 0 aliphatic rings. The van der Waals surface area contributed by atoms with E-state index in [9.17, 15) is 9.59 Å². The Kier molecular flexibility index (Phi) is 40.7. The Morgan fingerprint density at radius 3 is 1.37 bits per heavy atom. The zero-order chi connectivity index (χ0) is 39.6. The summed E-state index contributed by atoms with van der Waals surface area (Å²) in [7, 11) is 0. The van der Waals surface area contributed by atoms with Crippen LogP contribution in [-0.2, 0) is 23.8 Å². The Bertz CT molecular complexity index is 908. The molecule has 0 saturated heterocycles. The molecule has 1 unspecified atom stereocenters. The van der Waals surface area contributed by atoms with Gasteiger partial charge in [-0.15, -0.1) is 0 Å². The highest BCUT2D eigenvalue weighted by atomic mass is 32.1.